The molecule has 1 aliphatic rings. The number of unbranched alkanes of at least 4 members (excludes halogenated alkanes) is 12. The van der Waals surface area contributed by atoms with Crippen molar-refractivity contribution in [2.75, 3.05) is 6.61 Å². The maximum absolute atomic E-state index is 8.88. The van der Waals surface area contributed by atoms with Crippen LogP contribution >= 0.6 is 7.82 Å². The molecule has 156 valence electrons. The maximum atomic E-state index is 8.88. The molecular formula is C20H41O5P. The molecular weight excluding hydrogens is 351 g/mol. The number of rotatable bonds is 16. The standard InChI is InChI=1S/C20H38O.H3O4P/c1-2-3-4-5-6-7-8-9-10-11-12-13-14-15-16-17-18-20-19-21-20;1-5(2,3)4/h9-10,20H,2-8,11-19H2,1H3;(H3,1,2,3,4). The third kappa shape index (κ3) is 28.6. The summed E-state index contributed by atoms with van der Waals surface area (Å²) in [7, 11) is -4.64. The van der Waals surface area contributed by atoms with E-state index in [0.29, 0.717) is 6.10 Å². The Morgan fingerprint density at radius 1 is 0.808 bits per heavy atom. The van der Waals surface area contributed by atoms with Crippen molar-refractivity contribution in [2.45, 2.75) is 109 Å². The van der Waals surface area contributed by atoms with Gasteiger partial charge in [0.2, 0.25) is 0 Å². The monoisotopic (exact) mass is 392 g/mol. The van der Waals surface area contributed by atoms with Crippen LogP contribution in [0.5, 0.6) is 0 Å². The molecule has 0 saturated carbocycles. The predicted octanol–water partition coefficient (Wildman–Crippen LogP) is 5.88. The smallest absolute Gasteiger partial charge is 0.373 e. The van der Waals surface area contributed by atoms with E-state index in [1.165, 1.54) is 96.3 Å². The molecule has 6 heteroatoms. The third-order valence-corrected chi connectivity index (χ3v) is 4.44. The summed E-state index contributed by atoms with van der Waals surface area (Å²) in [5, 5.41) is 0. The molecule has 0 aromatic rings. The first-order valence-electron chi connectivity index (χ1n) is 10.5. The number of allylic oxidation sites excluding steroid dienone is 2. The lowest BCUT2D eigenvalue weighted by atomic mass is 10.1. The molecule has 1 unspecified atom stereocenters. The summed E-state index contributed by atoms with van der Waals surface area (Å²) in [6.07, 6.45) is 26.3. The summed E-state index contributed by atoms with van der Waals surface area (Å²) in [4.78, 5) is 21.6. The molecule has 1 saturated heterocycles. The lowest BCUT2D eigenvalue weighted by Crippen LogP contribution is -1.85. The van der Waals surface area contributed by atoms with E-state index in [1.54, 1.807) is 0 Å². The van der Waals surface area contributed by atoms with Gasteiger partial charge in [0.05, 0.1) is 12.7 Å². The fraction of sp³-hybridized carbons (Fsp3) is 0.900. The number of ether oxygens (including phenoxy) is 1. The second-order valence-electron chi connectivity index (χ2n) is 7.20. The van der Waals surface area contributed by atoms with E-state index < -0.39 is 7.82 Å². The van der Waals surface area contributed by atoms with Gasteiger partial charge in [0, 0.05) is 0 Å². The zero-order valence-corrected chi connectivity index (χ0v) is 17.5. The molecule has 1 atom stereocenters. The minimum Gasteiger partial charge on any atom is -0.373 e. The highest BCUT2D eigenvalue weighted by Crippen LogP contribution is 2.25. The zero-order chi connectivity index (χ0) is 19.5. The van der Waals surface area contributed by atoms with E-state index >= 15 is 0 Å². The fourth-order valence-corrected chi connectivity index (χ4v) is 2.85. The molecule has 1 heterocycles. The largest absolute Gasteiger partial charge is 0.466 e. The first-order valence-corrected chi connectivity index (χ1v) is 12.0. The summed E-state index contributed by atoms with van der Waals surface area (Å²) in [5.41, 5.74) is 0. The Morgan fingerprint density at radius 3 is 1.62 bits per heavy atom. The van der Waals surface area contributed by atoms with Gasteiger partial charge in [0.25, 0.3) is 0 Å². The fourth-order valence-electron chi connectivity index (χ4n) is 2.85. The van der Waals surface area contributed by atoms with E-state index in [4.69, 9.17) is 24.0 Å². The van der Waals surface area contributed by atoms with Gasteiger partial charge >= 0.3 is 7.82 Å². The molecule has 0 radical (unpaired) electrons. The van der Waals surface area contributed by atoms with Crippen molar-refractivity contribution in [3.63, 3.8) is 0 Å². The van der Waals surface area contributed by atoms with Gasteiger partial charge in [-0.2, -0.15) is 0 Å². The zero-order valence-electron chi connectivity index (χ0n) is 16.7. The molecule has 26 heavy (non-hydrogen) atoms. The van der Waals surface area contributed by atoms with E-state index in [-0.39, 0.29) is 0 Å². The molecule has 0 bridgehead atoms. The molecule has 0 aliphatic carbocycles. The minimum absolute atomic E-state index is 0.641. The van der Waals surface area contributed by atoms with E-state index in [0.717, 1.165) is 6.61 Å². The van der Waals surface area contributed by atoms with Gasteiger partial charge in [-0.25, -0.2) is 4.57 Å². The quantitative estimate of drug-likeness (QED) is 0.132. The normalized spacial score (nSPS) is 16.5. The SMILES string of the molecule is CCCCCCCCC=CCCCCCCCCC1CO1.O=P(O)(O)O. The lowest BCUT2D eigenvalue weighted by molar-refractivity contribution is 0.275. The molecule has 0 aromatic heterocycles. The van der Waals surface area contributed by atoms with Crippen LogP contribution in [0.3, 0.4) is 0 Å². The first kappa shape index (κ1) is 25.8. The van der Waals surface area contributed by atoms with Crippen LogP contribution in [0.1, 0.15) is 103 Å². The van der Waals surface area contributed by atoms with Crippen LogP contribution < -0.4 is 0 Å². The minimum atomic E-state index is -4.64. The van der Waals surface area contributed by atoms with Crippen LogP contribution in [0.4, 0.5) is 0 Å². The highest BCUT2D eigenvalue weighted by Gasteiger charge is 2.20. The summed E-state index contributed by atoms with van der Waals surface area (Å²) in [5.74, 6) is 0. The van der Waals surface area contributed by atoms with Gasteiger partial charge < -0.3 is 19.4 Å². The Kier molecular flexibility index (Phi) is 18.1. The molecule has 0 amide bonds. The number of hydrogen-bond donors (Lipinski definition) is 3. The molecule has 5 nitrogen and oxygen atoms in total. The van der Waals surface area contributed by atoms with Gasteiger partial charge in [-0.1, -0.05) is 83.3 Å². The van der Waals surface area contributed by atoms with E-state index in [2.05, 4.69) is 19.1 Å². The number of hydrogen-bond acceptors (Lipinski definition) is 2. The van der Waals surface area contributed by atoms with Crippen LogP contribution in [-0.2, 0) is 9.30 Å². The lowest BCUT2D eigenvalue weighted by Gasteiger charge is -2.00. The highest BCUT2D eigenvalue weighted by atomic mass is 31.2. The van der Waals surface area contributed by atoms with Crippen molar-refractivity contribution in [1.82, 2.24) is 0 Å². The maximum Gasteiger partial charge on any atom is 0.466 e. The van der Waals surface area contributed by atoms with Gasteiger partial charge in [-0.15, -0.1) is 0 Å². The predicted molar refractivity (Wildman–Crippen MR) is 108 cm³/mol. The summed E-state index contributed by atoms with van der Waals surface area (Å²) in [6.45, 7) is 3.32. The van der Waals surface area contributed by atoms with Crippen molar-refractivity contribution in [3.8, 4) is 0 Å². The molecule has 1 aliphatic heterocycles. The van der Waals surface area contributed by atoms with E-state index in [9.17, 15) is 0 Å². The van der Waals surface area contributed by atoms with Crippen molar-refractivity contribution >= 4 is 7.82 Å². The Hall–Kier alpha value is -0.190. The number of epoxide rings is 1. The number of phosphoric acid groups is 1. The first-order chi connectivity index (χ1) is 12.4. The molecule has 0 aromatic carbocycles. The Bertz CT molecular complexity index is 355. The molecule has 1 rings (SSSR count). The molecule has 0 spiro atoms. The third-order valence-electron chi connectivity index (χ3n) is 4.44. The van der Waals surface area contributed by atoms with Crippen LogP contribution in [0.25, 0.3) is 0 Å². The summed E-state index contributed by atoms with van der Waals surface area (Å²) in [6, 6.07) is 0. The van der Waals surface area contributed by atoms with Crippen molar-refractivity contribution in [3.05, 3.63) is 12.2 Å². The van der Waals surface area contributed by atoms with Crippen molar-refractivity contribution in [2.24, 2.45) is 0 Å². The van der Waals surface area contributed by atoms with Crippen LogP contribution in [0, 0.1) is 0 Å². The van der Waals surface area contributed by atoms with Crippen LogP contribution in [0.15, 0.2) is 12.2 Å². The van der Waals surface area contributed by atoms with Gasteiger partial charge in [0.15, 0.2) is 0 Å². The van der Waals surface area contributed by atoms with Crippen LogP contribution in [-0.4, -0.2) is 27.4 Å². The topological polar surface area (TPSA) is 90.3 Å². The Labute approximate surface area is 160 Å². The molecule has 1 fully saturated rings. The average Bonchev–Trinajstić information content (AvgIpc) is 3.37. The molecule has 3 N–H and O–H groups in total. The van der Waals surface area contributed by atoms with Crippen molar-refractivity contribution < 1.29 is 24.0 Å². The van der Waals surface area contributed by atoms with Gasteiger partial charge in [-0.3, -0.25) is 0 Å². The van der Waals surface area contributed by atoms with Crippen LogP contribution in [0.2, 0.25) is 0 Å². The average molecular weight is 393 g/mol. The summed E-state index contributed by atoms with van der Waals surface area (Å²) < 4.78 is 14.1. The van der Waals surface area contributed by atoms with E-state index in [1.807, 2.05) is 0 Å². The highest BCUT2D eigenvalue weighted by molar-refractivity contribution is 7.45. The summed E-state index contributed by atoms with van der Waals surface area (Å²) >= 11 is 0. The van der Waals surface area contributed by atoms with Gasteiger partial charge in [0.1, 0.15) is 0 Å². The Morgan fingerprint density at radius 2 is 1.19 bits per heavy atom. The van der Waals surface area contributed by atoms with Crippen molar-refractivity contribution in [1.29, 1.82) is 0 Å². The second kappa shape index (κ2) is 18.2. The second-order valence-corrected chi connectivity index (χ2v) is 8.22. The Balaban J connectivity index is 0.00000110. The van der Waals surface area contributed by atoms with Gasteiger partial charge in [-0.05, 0) is 32.1 Å².